The fourth-order valence-corrected chi connectivity index (χ4v) is 3.61. The molecule has 0 saturated carbocycles. The minimum atomic E-state index is -1.16. The molecule has 0 aliphatic heterocycles. The molecule has 0 aliphatic rings. The Morgan fingerprint density at radius 1 is 1.18 bits per heavy atom. The number of halogens is 2. The first-order chi connectivity index (χ1) is 15.7. The topological polar surface area (TPSA) is 162 Å². The summed E-state index contributed by atoms with van der Waals surface area (Å²) in [6.45, 7) is 4.94. The summed E-state index contributed by atoms with van der Waals surface area (Å²) in [7, 11) is 0. The lowest BCUT2D eigenvalue weighted by Crippen LogP contribution is -2.40. The van der Waals surface area contributed by atoms with Gasteiger partial charge in [-0.2, -0.15) is 5.10 Å². The molecule has 0 spiro atoms. The van der Waals surface area contributed by atoms with E-state index >= 15 is 0 Å². The number of anilines is 2. The highest BCUT2D eigenvalue weighted by Gasteiger charge is 2.21. The van der Waals surface area contributed by atoms with Crippen LogP contribution in [0.3, 0.4) is 0 Å². The van der Waals surface area contributed by atoms with Crippen LogP contribution in [0.25, 0.3) is 5.70 Å². The lowest BCUT2D eigenvalue weighted by atomic mass is 9.98. The van der Waals surface area contributed by atoms with Gasteiger partial charge in [-0.25, -0.2) is 25.5 Å². The van der Waals surface area contributed by atoms with Crippen molar-refractivity contribution in [3.63, 3.8) is 0 Å². The predicted octanol–water partition coefficient (Wildman–Crippen LogP) is 2.59. The van der Waals surface area contributed by atoms with Gasteiger partial charge < -0.3 is 22.3 Å². The molecule has 1 aromatic heterocycles. The minimum absolute atomic E-state index is 0.0265. The molecule has 0 saturated heterocycles. The SMILES string of the molecule is CCCC(CCC)CN(N)/C=C(\N)c1cnc(N)c(/C(=N/N)N(N)c2cccc(F)c2F)c1. The summed E-state index contributed by atoms with van der Waals surface area (Å²) in [5.41, 5.74) is 13.0. The summed E-state index contributed by atoms with van der Waals surface area (Å²) in [6, 6.07) is 5.11. The number of hydrogen-bond acceptors (Lipinski definition) is 8. The third kappa shape index (κ3) is 6.53. The average molecular weight is 462 g/mol. The number of hydrazone groups is 1. The van der Waals surface area contributed by atoms with Crippen molar-refractivity contribution >= 4 is 23.0 Å². The molecule has 0 bridgehead atoms. The quantitative estimate of drug-likeness (QED) is 0.156. The number of aromatic nitrogens is 1. The Hall–Kier alpha value is -3.44. The van der Waals surface area contributed by atoms with Crippen molar-refractivity contribution in [2.24, 2.45) is 34.3 Å². The highest BCUT2D eigenvalue weighted by atomic mass is 19.2. The van der Waals surface area contributed by atoms with Gasteiger partial charge in [0.15, 0.2) is 17.5 Å². The third-order valence-corrected chi connectivity index (χ3v) is 5.20. The van der Waals surface area contributed by atoms with E-state index < -0.39 is 11.6 Å². The highest BCUT2D eigenvalue weighted by Crippen LogP contribution is 2.24. The number of benzene rings is 1. The second kappa shape index (κ2) is 12.0. The lowest BCUT2D eigenvalue weighted by molar-refractivity contribution is 0.289. The summed E-state index contributed by atoms with van der Waals surface area (Å²) in [4.78, 5) is 4.12. The van der Waals surface area contributed by atoms with E-state index in [0.717, 1.165) is 36.8 Å². The second-order valence-electron chi connectivity index (χ2n) is 7.78. The molecule has 2 rings (SSSR count). The lowest BCUT2D eigenvalue weighted by Gasteiger charge is -2.23. The molecule has 0 fully saturated rings. The van der Waals surface area contributed by atoms with E-state index in [4.69, 9.17) is 29.0 Å². The summed E-state index contributed by atoms with van der Waals surface area (Å²) in [6.07, 6.45) is 7.37. The Labute approximate surface area is 192 Å². The van der Waals surface area contributed by atoms with Gasteiger partial charge in [0.25, 0.3) is 0 Å². The molecule has 1 aromatic carbocycles. The fourth-order valence-electron chi connectivity index (χ4n) is 3.61. The zero-order valence-electron chi connectivity index (χ0n) is 19.0. The van der Waals surface area contributed by atoms with Crippen LogP contribution in [0.4, 0.5) is 20.3 Å². The molecular weight excluding hydrogens is 428 g/mol. The molecule has 180 valence electrons. The molecule has 0 radical (unpaired) electrons. The van der Waals surface area contributed by atoms with Crippen LogP contribution in [0.2, 0.25) is 0 Å². The summed E-state index contributed by atoms with van der Waals surface area (Å²) in [5.74, 6) is 15.8. The Bertz CT molecular complexity index is 988. The number of nitrogens with zero attached hydrogens (tertiary/aromatic N) is 4. The molecule has 0 amide bonds. The smallest absolute Gasteiger partial charge is 0.183 e. The number of nitrogens with two attached hydrogens (primary N) is 5. The Morgan fingerprint density at radius 3 is 2.45 bits per heavy atom. The number of pyridine rings is 1. The van der Waals surface area contributed by atoms with Crippen LogP contribution in [-0.4, -0.2) is 22.4 Å². The number of hydrazine groups is 2. The van der Waals surface area contributed by atoms with Gasteiger partial charge >= 0.3 is 0 Å². The first kappa shape index (κ1) is 25.8. The van der Waals surface area contributed by atoms with Crippen molar-refractivity contribution in [1.29, 1.82) is 0 Å². The van der Waals surface area contributed by atoms with Crippen molar-refractivity contribution in [2.45, 2.75) is 39.5 Å². The molecule has 2 aromatic rings. The van der Waals surface area contributed by atoms with Crippen molar-refractivity contribution < 1.29 is 8.78 Å². The third-order valence-electron chi connectivity index (χ3n) is 5.20. The zero-order valence-corrected chi connectivity index (χ0v) is 19.0. The van der Waals surface area contributed by atoms with E-state index in [-0.39, 0.29) is 22.9 Å². The molecule has 11 heteroatoms. The molecular formula is C22H33F2N9. The highest BCUT2D eigenvalue weighted by molar-refractivity contribution is 6.12. The van der Waals surface area contributed by atoms with Crippen molar-refractivity contribution in [3.05, 3.63) is 59.4 Å². The van der Waals surface area contributed by atoms with Gasteiger partial charge in [0, 0.05) is 24.5 Å². The number of amidine groups is 1. The largest absolute Gasteiger partial charge is 0.397 e. The number of rotatable bonds is 10. The van der Waals surface area contributed by atoms with Crippen LogP contribution in [-0.2, 0) is 0 Å². The summed E-state index contributed by atoms with van der Waals surface area (Å²) >= 11 is 0. The fraction of sp³-hybridized carbons (Fsp3) is 0.364. The van der Waals surface area contributed by atoms with E-state index in [9.17, 15) is 8.78 Å². The predicted molar refractivity (Wildman–Crippen MR) is 129 cm³/mol. The molecule has 0 aliphatic carbocycles. The molecule has 9 nitrogen and oxygen atoms in total. The van der Waals surface area contributed by atoms with Gasteiger partial charge in [0.1, 0.15) is 5.82 Å². The van der Waals surface area contributed by atoms with Crippen LogP contribution < -0.4 is 34.0 Å². The molecule has 10 N–H and O–H groups in total. The average Bonchev–Trinajstić information content (AvgIpc) is 2.77. The van der Waals surface area contributed by atoms with Crippen molar-refractivity contribution in [2.75, 3.05) is 17.3 Å². The Kier molecular flexibility index (Phi) is 9.37. The molecule has 0 atom stereocenters. The first-order valence-electron chi connectivity index (χ1n) is 10.7. The maximum atomic E-state index is 14.2. The Balaban J connectivity index is 2.33. The van der Waals surface area contributed by atoms with Gasteiger partial charge in [0.05, 0.1) is 16.9 Å². The maximum absolute atomic E-state index is 14.2. The first-order valence-corrected chi connectivity index (χ1v) is 10.7. The van der Waals surface area contributed by atoms with Gasteiger partial charge in [-0.05, 0) is 37.0 Å². The van der Waals surface area contributed by atoms with Crippen molar-refractivity contribution in [1.82, 2.24) is 9.99 Å². The van der Waals surface area contributed by atoms with Gasteiger partial charge in [-0.1, -0.05) is 32.8 Å². The van der Waals surface area contributed by atoms with E-state index in [0.29, 0.717) is 23.7 Å². The van der Waals surface area contributed by atoms with E-state index in [1.54, 1.807) is 17.3 Å². The van der Waals surface area contributed by atoms with E-state index in [1.165, 1.54) is 18.3 Å². The van der Waals surface area contributed by atoms with Crippen molar-refractivity contribution in [3.8, 4) is 0 Å². The Morgan fingerprint density at radius 2 is 1.85 bits per heavy atom. The summed E-state index contributed by atoms with van der Waals surface area (Å²) < 4.78 is 27.9. The van der Waals surface area contributed by atoms with Crippen LogP contribution in [0, 0.1) is 17.6 Å². The monoisotopic (exact) mass is 461 g/mol. The number of nitrogen functional groups attached to an aromatic ring is 1. The van der Waals surface area contributed by atoms with Crippen LogP contribution in [0.1, 0.15) is 50.7 Å². The minimum Gasteiger partial charge on any atom is -0.397 e. The molecule has 0 unspecified atom stereocenters. The van der Waals surface area contributed by atoms with Gasteiger partial charge in [-0.15, -0.1) is 0 Å². The molecule has 33 heavy (non-hydrogen) atoms. The standard InChI is InChI=1S/C22H33F2N9/c1-3-6-14(7-4-2)12-32(28)13-18(25)15-10-16(21(26)30-11-15)22(31-27)33(29)19-9-5-8-17(23)20(19)24/h5,8-11,13-14H,3-4,6-7,12,25,27-29H2,1-2H3,(H2,26,30)/b18-13-,31-22-. The molecule has 1 heterocycles. The van der Waals surface area contributed by atoms with Crippen LogP contribution in [0.5, 0.6) is 0 Å². The normalized spacial score (nSPS) is 12.3. The second-order valence-corrected chi connectivity index (χ2v) is 7.78. The maximum Gasteiger partial charge on any atom is 0.183 e. The van der Waals surface area contributed by atoms with Gasteiger partial charge in [0.2, 0.25) is 0 Å². The number of hydrogen-bond donors (Lipinski definition) is 5. The van der Waals surface area contributed by atoms with Gasteiger partial charge in [-0.3, -0.25) is 5.01 Å². The van der Waals surface area contributed by atoms with Crippen LogP contribution in [0.15, 0.2) is 41.8 Å². The summed E-state index contributed by atoms with van der Waals surface area (Å²) in [5, 5.41) is 5.97. The zero-order chi connectivity index (χ0) is 24.5. The van der Waals surface area contributed by atoms with E-state index in [2.05, 4.69) is 23.9 Å². The van der Waals surface area contributed by atoms with E-state index in [1.807, 2.05) is 0 Å². The van der Waals surface area contributed by atoms with Crippen LogP contribution >= 0.6 is 0 Å².